The molecule has 1 aromatic carbocycles. The van der Waals surface area contributed by atoms with Crippen molar-refractivity contribution in [2.24, 2.45) is 0 Å². The molecule has 2 aromatic rings. The standard InChI is InChI=1S/C15H15N3O/c1-9-6-11(15(16)18-7-9)14(19)12-8-17-13-5-3-2-4-10(12)13/h2-7,12,17H,8H2,1H3,(H2,16,18). The first-order chi connectivity index (χ1) is 9.16. The number of hydrogen-bond acceptors (Lipinski definition) is 4. The summed E-state index contributed by atoms with van der Waals surface area (Å²) in [5.41, 5.74) is 9.35. The molecule has 3 rings (SSSR count). The van der Waals surface area contributed by atoms with E-state index < -0.39 is 0 Å². The van der Waals surface area contributed by atoms with E-state index in [1.807, 2.05) is 37.3 Å². The Labute approximate surface area is 111 Å². The van der Waals surface area contributed by atoms with Gasteiger partial charge in [-0.15, -0.1) is 0 Å². The lowest BCUT2D eigenvalue weighted by Gasteiger charge is -2.11. The summed E-state index contributed by atoms with van der Waals surface area (Å²) in [6.45, 7) is 2.52. The Balaban J connectivity index is 2.00. The number of para-hydroxylation sites is 1. The summed E-state index contributed by atoms with van der Waals surface area (Å²) in [5, 5.41) is 3.25. The van der Waals surface area contributed by atoms with Crippen molar-refractivity contribution in [1.29, 1.82) is 0 Å². The number of aryl methyl sites for hydroxylation is 1. The lowest BCUT2D eigenvalue weighted by atomic mass is 9.92. The second kappa shape index (κ2) is 4.39. The summed E-state index contributed by atoms with van der Waals surface area (Å²) in [5.74, 6) is 0.160. The number of pyridine rings is 1. The highest BCUT2D eigenvalue weighted by Crippen LogP contribution is 2.34. The summed E-state index contributed by atoms with van der Waals surface area (Å²) < 4.78 is 0. The molecule has 0 fully saturated rings. The zero-order chi connectivity index (χ0) is 13.4. The van der Waals surface area contributed by atoms with Gasteiger partial charge in [0.05, 0.1) is 11.5 Å². The van der Waals surface area contributed by atoms with Gasteiger partial charge in [-0.25, -0.2) is 4.98 Å². The van der Waals surface area contributed by atoms with Crippen LogP contribution in [0.3, 0.4) is 0 Å². The van der Waals surface area contributed by atoms with Gasteiger partial charge in [0.2, 0.25) is 0 Å². The van der Waals surface area contributed by atoms with Gasteiger partial charge < -0.3 is 11.1 Å². The van der Waals surface area contributed by atoms with Crippen LogP contribution < -0.4 is 11.1 Å². The van der Waals surface area contributed by atoms with Gasteiger partial charge in [-0.1, -0.05) is 18.2 Å². The van der Waals surface area contributed by atoms with E-state index >= 15 is 0 Å². The average Bonchev–Trinajstić information content (AvgIpc) is 2.84. The van der Waals surface area contributed by atoms with Crippen LogP contribution in [-0.4, -0.2) is 17.3 Å². The first-order valence-electron chi connectivity index (χ1n) is 6.26. The van der Waals surface area contributed by atoms with Gasteiger partial charge in [-0.05, 0) is 30.2 Å². The summed E-state index contributed by atoms with van der Waals surface area (Å²) in [6.07, 6.45) is 1.67. The summed E-state index contributed by atoms with van der Waals surface area (Å²) in [7, 11) is 0. The van der Waals surface area contributed by atoms with Gasteiger partial charge in [0.1, 0.15) is 5.82 Å². The Hall–Kier alpha value is -2.36. The number of carbonyl (C=O) groups excluding carboxylic acids is 1. The highest BCUT2D eigenvalue weighted by Gasteiger charge is 2.30. The number of nitrogens with one attached hydrogen (secondary N) is 1. The fourth-order valence-corrected chi connectivity index (χ4v) is 2.48. The summed E-state index contributed by atoms with van der Waals surface area (Å²) in [4.78, 5) is 16.7. The van der Waals surface area contributed by atoms with E-state index in [2.05, 4.69) is 10.3 Å². The maximum Gasteiger partial charge on any atom is 0.175 e. The molecule has 0 bridgehead atoms. The second-order valence-corrected chi connectivity index (χ2v) is 4.83. The van der Waals surface area contributed by atoms with E-state index in [4.69, 9.17) is 5.73 Å². The van der Waals surface area contributed by atoms with Crippen LogP contribution in [0.2, 0.25) is 0 Å². The van der Waals surface area contributed by atoms with Crippen molar-refractivity contribution in [3.63, 3.8) is 0 Å². The van der Waals surface area contributed by atoms with Crippen molar-refractivity contribution >= 4 is 17.3 Å². The topological polar surface area (TPSA) is 68.0 Å². The first-order valence-corrected chi connectivity index (χ1v) is 6.26. The fraction of sp³-hybridized carbons (Fsp3) is 0.200. The van der Waals surface area contributed by atoms with E-state index in [1.165, 1.54) is 0 Å². The van der Waals surface area contributed by atoms with Crippen LogP contribution in [0.15, 0.2) is 36.5 Å². The van der Waals surface area contributed by atoms with Crippen molar-refractivity contribution in [2.75, 3.05) is 17.6 Å². The smallest absolute Gasteiger partial charge is 0.175 e. The number of nitrogens with two attached hydrogens (primary N) is 1. The molecule has 4 heteroatoms. The van der Waals surface area contributed by atoms with Gasteiger partial charge in [-0.3, -0.25) is 4.79 Å². The molecule has 0 saturated heterocycles. The van der Waals surface area contributed by atoms with Crippen molar-refractivity contribution in [3.05, 3.63) is 53.2 Å². The molecule has 1 aliphatic rings. The Morgan fingerprint density at radius 2 is 2.21 bits per heavy atom. The van der Waals surface area contributed by atoms with E-state index in [0.717, 1.165) is 16.8 Å². The number of hydrogen-bond donors (Lipinski definition) is 2. The van der Waals surface area contributed by atoms with Gasteiger partial charge in [0.15, 0.2) is 5.78 Å². The van der Waals surface area contributed by atoms with Crippen molar-refractivity contribution in [3.8, 4) is 0 Å². The SMILES string of the molecule is Cc1cnc(N)c(C(=O)C2CNc3ccccc32)c1. The summed E-state index contributed by atoms with van der Waals surface area (Å²) >= 11 is 0. The zero-order valence-electron chi connectivity index (χ0n) is 10.7. The molecule has 4 nitrogen and oxygen atoms in total. The predicted octanol–water partition coefficient (Wildman–Crippen LogP) is 2.36. The van der Waals surface area contributed by atoms with Crippen LogP contribution >= 0.6 is 0 Å². The van der Waals surface area contributed by atoms with E-state index in [9.17, 15) is 4.79 Å². The van der Waals surface area contributed by atoms with Gasteiger partial charge in [-0.2, -0.15) is 0 Å². The minimum absolute atomic E-state index is 0.0335. The van der Waals surface area contributed by atoms with E-state index in [1.54, 1.807) is 6.20 Å². The number of Topliss-reactive ketones (excluding diaryl/α,β-unsaturated/α-hetero) is 1. The van der Waals surface area contributed by atoms with Crippen molar-refractivity contribution in [1.82, 2.24) is 4.98 Å². The van der Waals surface area contributed by atoms with Crippen molar-refractivity contribution in [2.45, 2.75) is 12.8 Å². The number of nitrogens with zero attached hydrogens (tertiary/aromatic N) is 1. The number of benzene rings is 1. The molecule has 3 N–H and O–H groups in total. The Morgan fingerprint density at radius 1 is 1.42 bits per heavy atom. The fourth-order valence-electron chi connectivity index (χ4n) is 2.48. The quantitative estimate of drug-likeness (QED) is 0.806. The monoisotopic (exact) mass is 253 g/mol. The zero-order valence-corrected chi connectivity index (χ0v) is 10.7. The molecule has 19 heavy (non-hydrogen) atoms. The normalized spacial score (nSPS) is 16.8. The number of anilines is 2. The molecule has 1 aliphatic heterocycles. The largest absolute Gasteiger partial charge is 0.384 e. The Bertz CT molecular complexity index is 652. The number of nitrogen functional groups attached to an aromatic ring is 1. The molecule has 1 atom stereocenters. The third-order valence-electron chi connectivity index (χ3n) is 3.47. The third-order valence-corrected chi connectivity index (χ3v) is 3.47. The lowest BCUT2D eigenvalue weighted by molar-refractivity contribution is 0.0967. The molecule has 0 amide bonds. The minimum atomic E-state index is -0.179. The molecule has 0 spiro atoms. The van der Waals surface area contributed by atoms with Crippen LogP contribution in [0.25, 0.3) is 0 Å². The van der Waals surface area contributed by atoms with Gasteiger partial charge in [0, 0.05) is 18.4 Å². The molecule has 2 heterocycles. The highest BCUT2D eigenvalue weighted by molar-refractivity contribution is 6.06. The molecular formula is C15H15N3O. The van der Waals surface area contributed by atoms with Crippen LogP contribution in [0, 0.1) is 6.92 Å². The Kier molecular flexibility index (Phi) is 2.71. The molecule has 0 saturated carbocycles. The number of fused-ring (bicyclic) bond motifs is 1. The highest BCUT2D eigenvalue weighted by atomic mass is 16.1. The number of ketones is 1. The molecule has 1 aromatic heterocycles. The molecule has 96 valence electrons. The number of aromatic nitrogens is 1. The predicted molar refractivity (Wildman–Crippen MR) is 75.4 cm³/mol. The van der Waals surface area contributed by atoms with E-state index in [0.29, 0.717) is 17.9 Å². The maximum atomic E-state index is 12.6. The van der Waals surface area contributed by atoms with E-state index in [-0.39, 0.29) is 11.7 Å². The molecule has 0 aliphatic carbocycles. The lowest BCUT2D eigenvalue weighted by Crippen LogP contribution is -2.17. The van der Waals surface area contributed by atoms with Gasteiger partial charge in [0.25, 0.3) is 0 Å². The number of carbonyl (C=O) groups is 1. The van der Waals surface area contributed by atoms with Crippen LogP contribution in [0.5, 0.6) is 0 Å². The first kappa shape index (κ1) is 11.7. The van der Waals surface area contributed by atoms with Crippen LogP contribution in [0.4, 0.5) is 11.5 Å². The van der Waals surface area contributed by atoms with Crippen LogP contribution in [0.1, 0.15) is 27.4 Å². The van der Waals surface area contributed by atoms with Crippen LogP contribution in [-0.2, 0) is 0 Å². The second-order valence-electron chi connectivity index (χ2n) is 4.83. The third kappa shape index (κ3) is 1.95. The molecular weight excluding hydrogens is 238 g/mol. The molecule has 0 radical (unpaired) electrons. The maximum absolute atomic E-state index is 12.6. The van der Waals surface area contributed by atoms with Gasteiger partial charge >= 0.3 is 0 Å². The summed E-state index contributed by atoms with van der Waals surface area (Å²) in [6, 6.07) is 9.69. The number of rotatable bonds is 2. The average molecular weight is 253 g/mol. The Morgan fingerprint density at radius 3 is 3.05 bits per heavy atom. The minimum Gasteiger partial charge on any atom is -0.384 e. The molecule has 1 unspecified atom stereocenters. The van der Waals surface area contributed by atoms with Crippen molar-refractivity contribution < 1.29 is 4.79 Å².